The monoisotopic (exact) mass is 226 g/mol. The first-order valence-corrected chi connectivity index (χ1v) is 5.55. The maximum atomic E-state index is 5.73. The van der Waals surface area contributed by atoms with Crippen molar-refractivity contribution < 1.29 is 0 Å². The Morgan fingerprint density at radius 3 is 3.13 bits per heavy atom. The van der Waals surface area contributed by atoms with Gasteiger partial charge in [0, 0.05) is 19.3 Å². The van der Waals surface area contributed by atoms with Crippen LogP contribution in [0.5, 0.6) is 0 Å². The fraction of sp³-hybridized carbons (Fsp3) is 0.600. The molecule has 1 saturated heterocycles. The molecular formula is C10H15ClN4. The Morgan fingerprint density at radius 2 is 2.47 bits per heavy atom. The van der Waals surface area contributed by atoms with Gasteiger partial charge in [-0.15, -0.1) is 0 Å². The van der Waals surface area contributed by atoms with E-state index in [1.54, 1.807) is 6.20 Å². The number of nitrogens with two attached hydrogens (primary N) is 1. The third kappa shape index (κ3) is 2.87. The second-order valence-corrected chi connectivity index (χ2v) is 4.28. The third-order valence-corrected chi connectivity index (χ3v) is 2.95. The lowest BCUT2D eigenvalue weighted by molar-refractivity contribution is 0.314. The van der Waals surface area contributed by atoms with Gasteiger partial charge in [0.2, 0.25) is 5.28 Å². The van der Waals surface area contributed by atoms with E-state index in [1.165, 1.54) is 6.42 Å². The first-order chi connectivity index (χ1) is 7.28. The summed E-state index contributed by atoms with van der Waals surface area (Å²) in [6.45, 7) is 3.79. The normalized spacial score (nSPS) is 22.1. The van der Waals surface area contributed by atoms with Gasteiger partial charge >= 0.3 is 0 Å². The van der Waals surface area contributed by atoms with E-state index in [1.807, 2.05) is 6.07 Å². The molecule has 1 aromatic heterocycles. The average Bonchev–Trinajstić information content (AvgIpc) is 2.65. The highest BCUT2D eigenvalue weighted by molar-refractivity contribution is 6.28. The van der Waals surface area contributed by atoms with Gasteiger partial charge < -0.3 is 5.73 Å². The van der Waals surface area contributed by atoms with Gasteiger partial charge in [0.05, 0.1) is 5.69 Å². The fourth-order valence-electron chi connectivity index (χ4n) is 1.94. The lowest BCUT2D eigenvalue weighted by Gasteiger charge is -2.14. The molecule has 5 heteroatoms. The quantitative estimate of drug-likeness (QED) is 0.779. The summed E-state index contributed by atoms with van der Waals surface area (Å²) >= 11 is 5.73. The molecule has 0 aliphatic carbocycles. The van der Waals surface area contributed by atoms with Crippen molar-refractivity contribution >= 4 is 11.6 Å². The summed E-state index contributed by atoms with van der Waals surface area (Å²) < 4.78 is 0. The Morgan fingerprint density at radius 1 is 1.60 bits per heavy atom. The predicted molar refractivity (Wildman–Crippen MR) is 59.5 cm³/mol. The smallest absolute Gasteiger partial charge is 0.222 e. The number of rotatable bonds is 3. The van der Waals surface area contributed by atoms with E-state index in [0.29, 0.717) is 11.2 Å². The number of likely N-dealkylation sites (tertiary alicyclic amines) is 1. The molecule has 1 fully saturated rings. The summed E-state index contributed by atoms with van der Waals surface area (Å²) in [6, 6.07) is 1.90. The number of aromatic nitrogens is 2. The van der Waals surface area contributed by atoms with Gasteiger partial charge in [-0.05, 0) is 43.1 Å². The zero-order valence-corrected chi connectivity index (χ0v) is 9.32. The van der Waals surface area contributed by atoms with Crippen molar-refractivity contribution in [3.63, 3.8) is 0 Å². The summed E-state index contributed by atoms with van der Waals surface area (Å²) in [5.74, 6) is 0.641. The highest BCUT2D eigenvalue weighted by Gasteiger charge is 2.21. The molecule has 0 spiro atoms. The molecule has 2 heterocycles. The maximum Gasteiger partial charge on any atom is 0.222 e. The van der Waals surface area contributed by atoms with Gasteiger partial charge in [-0.2, -0.15) is 0 Å². The molecule has 1 aromatic rings. The first kappa shape index (κ1) is 10.8. The van der Waals surface area contributed by atoms with Crippen molar-refractivity contribution in [2.45, 2.75) is 13.0 Å². The van der Waals surface area contributed by atoms with E-state index >= 15 is 0 Å². The van der Waals surface area contributed by atoms with Crippen molar-refractivity contribution in [2.75, 3.05) is 19.6 Å². The van der Waals surface area contributed by atoms with Crippen LogP contribution in [0.25, 0.3) is 0 Å². The largest absolute Gasteiger partial charge is 0.330 e. The van der Waals surface area contributed by atoms with E-state index in [2.05, 4.69) is 14.9 Å². The minimum Gasteiger partial charge on any atom is -0.330 e. The molecule has 0 amide bonds. The number of halogens is 1. The van der Waals surface area contributed by atoms with E-state index in [-0.39, 0.29) is 0 Å². The molecule has 1 aliphatic rings. The number of hydrogen-bond donors (Lipinski definition) is 1. The molecule has 0 radical (unpaired) electrons. The van der Waals surface area contributed by atoms with Crippen LogP contribution < -0.4 is 5.73 Å². The highest BCUT2D eigenvalue weighted by Crippen LogP contribution is 2.16. The Balaban J connectivity index is 1.92. The van der Waals surface area contributed by atoms with E-state index in [0.717, 1.165) is 31.9 Å². The van der Waals surface area contributed by atoms with Crippen LogP contribution in [0.2, 0.25) is 5.28 Å². The standard InChI is InChI=1S/C10H15ClN4/c11-10-13-3-1-9(14-10)7-15-4-2-8(5-12)6-15/h1,3,8H,2,4-7,12H2. The van der Waals surface area contributed by atoms with E-state index in [4.69, 9.17) is 17.3 Å². The summed E-state index contributed by atoms with van der Waals surface area (Å²) in [6.07, 6.45) is 2.89. The van der Waals surface area contributed by atoms with Crippen LogP contribution in [0.4, 0.5) is 0 Å². The van der Waals surface area contributed by atoms with Crippen molar-refractivity contribution in [2.24, 2.45) is 11.7 Å². The van der Waals surface area contributed by atoms with Crippen molar-refractivity contribution in [1.29, 1.82) is 0 Å². The molecule has 82 valence electrons. The first-order valence-electron chi connectivity index (χ1n) is 5.18. The fourth-order valence-corrected chi connectivity index (χ4v) is 2.10. The van der Waals surface area contributed by atoms with Crippen LogP contribution in [0.1, 0.15) is 12.1 Å². The predicted octanol–water partition coefficient (Wildman–Crippen LogP) is 0.911. The van der Waals surface area contributed by atoms with Crippen LogP contribution >= 0.6 is 11.6 Å². The molecular weight excluding hydrogens is 212 g/mol. The molecule has 2 rings (SSSR count). The molecule has 0 aromatic carbocycles. The van der Waals surface area contributed by atoms with Crippen molar-refractivity contribution in [3.8, 4) is 0 Å². The molecule has 1 aliphatic heterocycles. The zero-order valence-electron chi connectivity index (χ0n) is 8.56. The SMILES string of the molecule is NCC1CCN(Cc2ccnc(Cl)n2)C1. The van der Waals surface area contributed by atoms with Gasteiger partial charge in [-0.25, -0.2) is 9.97 Å². The topological polar surface area (TPSA) is 55.0 Å². The summed E-state index contributed by atoms with van der Waals surface area (Å²) in [5, 5.41) is 0.321. The molecule has 1 unspecified atom stereocenters. The van der Waals surface area contributed by atoms with Crippen molar-refractivity contribution in [1.82, 2.24) is 14.9 Å². The van der Waals surface area contributed by atoms with Crippen LogP contribution in [0, 0.1) is 5.92 Å². The van der Waals surface area contributed by atoms with Crippen LogP contribution in [0.3, 0.4) is 0 Å². The van der Waals surface area contributed by atoms with Crippen LogP contribution in [-0.2, 0) is 6.54 Å². The Hall–Kier alpha value is -0.710. The van der Waals surface area contributed by atoms with Crippen LogP contribution in [-0.4, -0.2) is 34.5 Å². The minimum atomic E-state index is 0.321. The summed E-state index contributed by atoms with van der Waals surface area (Å²) in [4.78, 5) is 10.4. The summed E-state index contributed by atoms with van der Waals surface area (Å²) in [5.41, 5.74) is 6.62. The second kappa shape index (κ2) is 4.88. The van der Waals surface area contributed by atoms with Gasteiger partial charge in [-0.3, -0.25) is 4.90 Å². The van der Waals surface area contributed by atoms with E-state index in [9.17, 15) is 0 Å². The van der Waals surface area contributed by atoms with Gasteiger partial charge in [0.25, 0.3) is 0 Å². The molecule has 0 bridgehead atoms. The molecule has 4 nitrogen and oxygen atoms in total. The lowest BCUT2D eigenvalue weighted by Crippen LogP contribution is -2.23. The molecule has 15 heavy (non-hydrogen) atoms. The average molecular weight is 227 g/mol. The highest BCUT2D eigenvalue weighted by atomic mass is 35.5. The maximum absolute atomic E-state index is 5.73. The Labute approximate surface area is 94.5 Å². The van der Waals surface area contributed by atoms with Crippen LogP contribution in [0.15, 0.2) is 12.3 Å². The lowest BCUT2D eigenvalue weighted by atomic mass is 10.1. The molecule has 0 saturated carbocycles. The third-order valence-electron chi connectivity index (χ3n) is 2.77. The number of nitrogens with zero attached hydrogens (tertiary/aromatic N) is 3. The van der Waals surface area contributed by atoms with E-state index < -0.39 is 0 Å². The minimum absolute atomic E-state index is 0.321. The van der Waals surface area contributed by atoms with Gasteiger partial charge in [0.15, 0.2) is 0 Å². The van der Waals surface area contributed by atoms with Crippen molar-refractivity contribution in [3.05, 3.63) is 23.2 Å². The number of hydrogen-bond acceptors (Lipinski definition) is 4. The zero-order chi connectivity index (χ0) is 10.7. The van der Waals surface area contributed by atoms with Gasteiger partial charge in [-0.1, -0.05) is 0 Å². The van der Waals surface area contributed by atoms with Gasteiger partial charge in [0.1, 0.15) is 0 Å². The molecule has 2 N–H and O–H groups in total. The molecule has 1 atom stereocenters. The second-order valence-electron chi connectivity index (χ2n) is 3.94. The summed E-state index contributed by atoms with van der Waals surface area (Å²) in [7, 11) is 0. The Bertz CT molecular complexity index is 331. The Kier molecular flexibility index (Phi) is 3.51.